The summed E-state index contributed by atoms with van der Waals surface area (Å²) in [7, 11) is 1.86. The first-order chi connectivity index (χ1) is 14.6. The minimum atomic E-state index is -0.202. The summed E-state index contributed by atoms with van der Waals surface area (Å²) in [6, 6.07) is 0. The van der Waals surface area contributed by atoms with E-state index in [2.05, 4.69) is 34.6 Å². The summed E-state index contributed by atoms with van der Waals surface area (Å²) in [5.74, 6) is 4.63. The number of fused-ring (bicyclic) bond motifs is 5. The molecule has 10 atom stereocenters. The van der Waals surface area contributed by atoms with Crippen LogP contribution in [0.3, 0.4) is 0 Å². The molecule has 4 aliphatic carbocycles. The second kappa shape index (κ2) is 8.75. The summed E-state index contributed by atoms with van der Waals surface area (Å²) >= 11 is 0. The normalized spacial score (nSPS) is 46.9. The molecule has 1 N–H and O–H groups in total. The van der Waals surface area contributed by atoms with Gasteiger partial charge in [0.15, 0.2) is 0 Å². The Labute approximate surface area is 191 Å². The van der Waals surface area contributed by atoms with E-state index in [4.69, 9.17) is 4.74 Å². The molecule has 0 bridgehead atoms. The van der Waals surface area contributed by atoms with Gasteiger partial charge < -0.3 is 9.84 Å². The summed E-state index contributed by atoms with van der Waals surface area (Å²) in [5.41, 5.74) is 0.640. The zero-order valence-corrected chi connectivity index (χ0v) is 21.0. The zero-order chi connectivity index (χ0) is 22.6. The average molecular weight is 433 g/mol. The van der Waals surface area contributed by atoms with Crippen LogP contribution in [0.1, 0.15) is 98.8 Å². The van der Waals surface area contributed by atoms with Crippen LogP contribution in [-0.4, -0.2) is 30.2 Å². The number of rotatable bonds is 6. The minimum Gasteiger partial charge on any atom is -0.393 e. The van der Waals surface area contributed by atoms with Crippen LogP contribution < -0.4 is 0 Å². The lowest BCUT2D eigenvalue weighted by Gasteiger charge is -2.62. The second-order valence-corrected chi connectivity index (χ2v) is 12.8. The van der Waals surface area contributed by atoms with Crippen LogP contribution in [0.2, 0.25) is 0 Å². The molecule has 4 aliphatic rings. The van der Waals surface area contributed by atoms with Gasteiger partial charge in [-0.2, -0.15) is 0 Å². The molecule has 3 nitrogen and oxygen atoms in total. The lowest BCUT2D eigenvalue weighted by atomic mass is 9.44. The number of carbonyl (C=O) groups is 1. The number of aliphatic hydroxyl groups excluding tert-OH is 1. The van der Waals surface area contributed by atoms with Gasteiger partial charge in [-0.1, -0.05) is 34.6 Å². The molecule has 31 heavy (non-hydrogen) atoms. The fourth-order valence-corrected chi connectivity index (χ4v) is 9.34. The van der Waals surface area contributed by atoms with Gasteiger partial charge in [0.05, 0.1) is 12.2 Å². The number of hydrogen-bond donors (Lipinski definition) is 1. The van der Waals surface area contributed by atoms with Crippen LogP contribution in [0, 0.1) is 52.3 Å². The highest BCUT2D eigenvalue weighted by Crippen LogP contribution is 2.68. The van der Waals surface area contributed by atoms with E-state index in [0.29, 0.717) is 46.9 Å². The van der Waals surface area contributed by atoms with Gasteiger partial charge in [-0.15, -0.1) is 0 Å². The number of methoxy groups -OCH3 is 1. The topological polar surface area (TPSA) is 46.5 Å². The third-order valence-electron chi connectivity index (χ3n) is 11.2. The van der Waals surface area contributed by atoms with Gasteiger partial charge in [0.1, 0.15) is 5.78 Å². The van der Waals surface area contributed by atoms with Gasteiger partial charge in [0.25, 0.3) is 0 Å². The second-order valence-electron chi connectivity index (χ2n) is 12.8. The van der Waals surface area contributed by atoms with E-state index in [1.807, 2.05) is 7.11 Å². The highest BCUT2D eigenvalue weighted by atomic mass is 16.5. The van der Waals surface area contributed by atoms with Gasteiger partial charge in [-0.05, 0) is 104 Å². The van der Waals surface area contributed by atoms with Crippen LogP contribution in [0.15, 0.2) is 0 Å². The molecule has 0 aromatic heterocycles. The van der Waals surface area contributed by atoms with Gasteiger partial charge in [-0.3, -0.25) is 4.79 Å². The summed E-state index contributed by atoms with van der Waals surface area (Å²) < 4.78 is 5.75. The molecule has 4 rings (SSSR count). The molecule has 4 fully saturated rings. The zero-order valence-electron chi connectivity index (χ0n) is 21.0. The largest absolute Gasteiger partial charge is 0.393 e. The van der Waals surface area contributed by atoms with Crippen molar-refractivity contribution < 1.29 is 14.6 Å². The summed E-state index contributed by atoms with van der Waals surface area (Å²) in [5, 5.41) is 11.4. The fourth-order valence-electron chi connectivity index (χ4n) is 9.34. The van der Waals surface area contributed by atoms with Crippen molar-refractivity contribution in [3.8, 4) is 0 Å². The fraction of sp³-hybridized carbons (Fsp3) is 0.964. The molecule has 0 spiro atoms. The average Bonchev–Trinajstić information content (AvgIpc) is 3.06. The first kappa shape index (κ1) is 23.7. The first-order valence-corrected chi connectivity index (χ1v) is 13.3. The number of ketones is 1. The van der Waals surface area contributed by atoms with Crippen LogP contribution in [0.5, 0.6) is 0 Å². The number of carbonyl (C=O) groups excluding carboxylic acids is 1. The maximum atomic E-state index is 12.2. The monoisotopic (exact) mass is 432 g/mol. The molecule has 0 radical (unpaired) electrons. The lowest BCUT2D eigenvalue weighted by molar-refractivity contribution is -0.169. The Kier molecular flexibility index (Phi) is 6.70. The van der Waals surface area contributed by atoms with Gasteiger partial charge >= 0.3 is 0 Å². The Morgan fingerprint density at radius 1 is 1.03 bits per heavy atom. The van der Waals surface area contributed by atoms with Crippen molar-refractivity contribution in [1.82, 2.24) is 0 Å². The predicted octanol–water partition coefficient (Wildman–Crippen LogP) is 6.27. The highest BCUT2D eigenvalue weighted by molar-refractivity contribution is 5.79. The highest BCUT2D eigenvalue weighted by Gasteiger charge is 2.62. The van der Waals surface area contributed by atoms with Crippen LogP contribution >= 0.6 is 0 Å². The van der Waals surface area contributed by atoms with Gasteiger partial charge in [-0.25, -0.2) is 0 Å². The molecule has 4 unspecified atom stereocenters. The molecule has 0 amide bonds. The van der Waals surface area contributed by atoms with Crippen molar-refractivity contribution >= 4 is 5.78 Å². The minimum absolute atomic E-state index is 0.202. The Balaban J connectivity index is 1.49. The van der Waals surface area contributed by atoms with Crippen molar-refractivity contribution in [1.29, 1.82) is 0 Å². The third-order valence-corrected chi connectivity index (χ3v) is 11.2. The summed E-state index contributed by atoms with van der Waals surface area (Å²) in [6.07, 6.45) is 11.2. The van der Waals surface area contributed by atoms with Crippen molar-refractivity contribution in [2.75, 3.05) is 7.11 Å². The SMILES string of the molecule is CO[C@H](CCC(C)[C@H]1CCC2C3C(CC[C@@]21C)[C@@]1(C)CCC(=O)C[C@@H]1C[C@H]3O)C(C)C. The van der Waals surface area contributed by atoms with E-state index >= 15 is 0 Å². The first-order valence-electron chi connectivity index (χ1n) is 13.3. The molecule has 0 saturated heterocycles. The number of hydrogen-bond acceptors (Lipinski definition) is 3. The Bertz CT molecular complexity index is 659. The van der Waals surface area contributed by atoms with Gasteiger partial charge in [0.2, 0.25) is 0 Å². The number of ether oxygens (including phenoxy) is 1. The van der Waals surface area contributed by atoms with E-state index in [-0.39, 0.29) is 11.5 Å². The summed E-state index contributed by atoms with van der Waals surface area (Å²) in [6.45, 7) is 12.1. The number of aliphatic hydroxyl groups is 1. The molecular formula is C28H48O3. The van der Waals surface area contributed by atoms with Crippen LogP contribution in [0.4, 0.5) is 0 Å². The van der Waals surface area contributed by atoms with Crippen molar-refractivity contribution in [2.24, 2.45) is 52.3 Å². The maximum absolute atomic E-state index is 12.2. The number of Topliss-reactive ketones (excluding diaryl/α,β-unsaturated/α-hetero) is 1. The van der Waals surface area contributed by atoms with Crippen molar-refractivity contribution in [3.05, 3.63) is 0 Å². The van der Waals surface area contributed by atoms with Gasteiger partial charge in [0, 0.05) is 20.0 Å². The molecule has 0 aromatic rings. The molecule has 0 aromatic carbocycles. The van der Waals surface area contributed by atoms with E-state index in [1.165, 1.54) is 32.1 Å². The smallest absolute Gasteiger partial charge is 0.133 e. The quantitative estimate of drug-likeness (QED) is 0.538. The maximum Gasteiger partial charge on any atom is 0.133 e. The molecule has 4 saturated carbocycles. The molecule has 0 aliphatic heterocycles. The summed E-state index contributed by atoms with van der Waals surface area (Å²) in [4.78, 5) is 12.2. The standard InChI is InChI=1S/C28H48O3/c1-17(2)25(31-6)10-7-18(3)21-8-9-22-26-23(12-14-28(21,22)5)27(4)13-11-20(29)15-19(27)16-24(26)30/h17-19,21-26,30H,7-16H2,1-6H3/t18?,19-,21-,22?,23?,24-,25-,26?,27+,28-/m1/s1. The Morgan fingerprint density at radius 2 is 1.74 bits per heavy atom. The molecule has 0 heterocycles. The van der Waals surface area contributed by atoms with E-state index in [0.717, 1.165) is 43.9 Å². The molecule has 3 heteroatoms. The third kappa shape index (κ3) is 3.94. The van der Waals surface area contributed by atoms with Crippen LogP contribution in [0.25, 0.3) is 0 Å². The van der Waals surface area contributed by atoms with E-state index < -0.39 is 0 Å². The predicted molar refractivity (Wildman–Crippen MR) is 126 cm³/mol. The lowest BCUT2D eigenvalue weighted by Crippen LogP contribution is -2.58. The van der Waals surface area contributed by atoms with E-state index in [1.54, 1.807) is 0 Å². The van der Waals surface area contributed by atoms with E-state index in [9.17, 15) is 9.90 Å². The molecule has 178 valence electrons. The van der Waals surface area contributed by atoms with Crippen LogP contribution in [-0.2, 0) is 9.53 Å². The van der Waals surface area contributed by atoms with Crippen molar-refractivity contribution in [3.63, 3.8) is 0 Å². The Hall–Kier alpha value is -0.410. The Morgan fingerprint density at radius 3 is 2.42 bits per heavy atom. The van der Waals surface area contributed by atoms with Crippen molar-refractivity contribution in [2.45, 2.75) is 111 Å². The molecular weight excluding hydrogens is 384 g/mol.